The van der Waals surface area contributed by atoms with E-state index in [1.807, 2.05) is 0 Å². The fourth-order valence-corrected chi connectivity index (χ4v) is 1.00. The SMILES string of the molecule is N#CCn1c(C(F)(F)F)cccc1=O. The molecule has 1 aromatic rings. The van der Waals surface area contributed by atoms with Crippen LogP contribution >= 0.6 is 0 Å². The molecule has 0 spiro atoms. The predicted molar refractivity (Wildman–Crippen MR) is 41.3 cm³/mol. The van der Waals surface area contributed by atoms with E-state index in [-0.39, 0.29) is 0 Å². The first kappa shape index (κ1) is 10.3. The second-order valence-corrected chi connectivity index (χ2v) is 2.49. The summed E-state index contributed by atoms with van der Waals surface area (Å²) in [5, 5.41) is 8.26. The second-order valence-electron chi connectivity index (χ2n) is 2.49. The minimum atomic E-state index is -4.61. The van der Waals surface area contributed by atoms with Gasteiger partial charge in [-0.15, -0.1) is 0 Å². The van der Waals surface area contributed by atoms with Gasteiger partial charge in [0.05, 0.1) is 6.07 Å². The Bertz CT molecular complexity index is 427. The summed E-state index contributed by atoms with van der Waals surface area (Å²) >= 11 is 0. The molecule has 0 aliphatic rings. The number of hydrogen-bond donors (Lipinski definition) is 0. The Labute approximate surface area is 77.0 Å². The molecule has 1 rings (SSSR count). The molecular weight excluding hydrogens is 197 g/mol. The smallest absolute Gasteiger partial charge is 0.290 e. The van der Waals surface area contributed by atoms with Crippen LogP contribution < -0.4 is 5.56 Å². The standard InChI is InChI=1S/C8H5F3N2O/c9-8(10,11)6-2-1-3-7(14)13(6)5-4-12/h1-3H,5H2. The van der Waals surface area contributed by atoms with E-state index < -0.39 is 24.0 Å². The summed E-state index contributed by atoms with van der Waals surface area (Å²) in [6.07, 6.45) is -4.61. The molecule has 6 heteroatoms. The lowest BCUT2D eigenvalue weighted by Crippen LogP contribution is -2.26. The zero-order valence-corrected chi connectivity index (χ0v) is 6.88. The van der Waals surface area contributed by atoms with Crippen molar-refractivity contribution in [2.24, 2.45) is 0 Å². The normalized spacial score (nSPS) is 11.0. The molecule has 0 aliphatic heterocycles. The monoisotopic (exact) mass is 202 g/mol. The minimum absolute atomic E-state index is 0.389. The van der Waals surface area contributed by atoms with Crippen LogP contribution in [-0.2, 0) is 12.7 Å². The van der Waals surface area contributed by atoms with Gasteiger partial charge in [0.2, 0.25) is 0 Å². The van der Waals surface area contributed by atoms with Crippen LogP contribution in [0, 0.1) is 11.3 Å². The molecule has 0 atom stereocenters. The largest absolute Gasteiger partial charge is 0.431 e. The molecule has 74 valence electrons. The fourth-order valence-electron chi connectivity index (χ4n) is 1.00. The molecule has 1 heterocycles. The third-order valence-electron chi connectivity index (χ3n) is 1.57. The first-order valence-corrected chi connectivity index (χ1v) is 3.61. The van der Waals surface area contributed by atoms with E-state index in [1.54, 1.807) is 0 Å². The van der Waals surface area contributed by atoms with Crippen molar-refractivity contribution in [3.63, 3.8) is 0 Å². The predicted octanol–water partition coefficient (Wildman–Crippen LogP) is 1.39. The highest BCUT2D eigenvalue weighted by Gasteiger charge is 2.33. The number of aromatic nitrogens is 1. The van der Waals surface area contributed by atoms with Crippen molar-refractivity contribution in [2.45, 2.75) is 12.7 Å². The summed E-state index contributed by atoms with van der Waals surface area (Å²) in [5.74, 6) is 0. The summed E-state index contributed by atoms with van der Waals surface area (Å²) in [6.45, 7) is -0.603. The first-order valence-electron chi connectivity index (χ1n) is 3.61. The lowest BCUT2D eigenvalue weighted by molar-refractivity contribution is -0.144. The Morgan fingerprint density at radius 2 is 2.07 bits per heavy atom. The van der Waals surface area contributed by atoms with Gasteiger partial charge in [-0.3, -0.25) is 9.36 Å². The number of nitrogens with zero attached hydrogens (tertiary/aromatic N) is 2. The third kappa shape index (κ3) is 1.93. The maximum Gasteiger partial charge on any atom is 0.431 e. The highest BCUT2D eigenvalue weighted by atomic mass is 19.4. The topological polar surface area (TPSA) is 45.8 Å². The van der Waals surface area contributed by atoms with Crippen molar-refractivity contribution in [2.75, 3.05) is 0 Å². The van der Waals surface area contributed by atoms with Crippen molar-refractivity contribution in [3.05, 3.63) is 34.2 Å². The Balaban J connectivity index is 3.38. The lowest BCUT2D eigenvalue weighted by Gasteiger charge is -2.11. The fraction of sp³-hybridized carbons (Fsp3) is 0.250. The van der Waals surface area contributed by atoms with Crippen molar-refractivity contribution in [1.82, 2.24) is 4.57 Å². The molecular formula is C8H5F3N2O. The summed E-state index contributed by atoms with van der Waals surface area (Å²) < 4.78 is 37.2. The van der Waals surface area contributed by atoms with Gasteiger partial charge in [0.1, 0.15) is 12.2 Å². The minimum Gasteiger partial charge on any atom is -0.290 e. The van der Waals surface area contributed by atoms with Crippen molar-refractivity contribution < 1.29 is 13.2 Å². The van der Waals surface area contributed by atoms with Gasteiger partial charge in [-0.25, -0.2) is 0 Å². The van der Waals surface area contributed by atoms with Crippen LogP contribution in [0.15, 0.2) is 23.0 Å². The zero-order chi connectivity index (χ0) is 10.8. The molecule has 0 unspecified atom stereocenters. The maximum absolute atomic E-state index is 12.3. The first-order chi connectivity index (χ1) is 6.46. The Kier molecular flexibility index (Phi) is 2.60. The van der Waals surface area contributed by atoms with Crippen LogP contribution in [0.3, 0.4) is 0 Å². The number of rotatable bonds is 1. The Hall–Kier alpha value is -1.77. The van der Waals surface area contributed by atoms with E-state index in [9.17, 15) is 18.0 Å². The van der Waals surface area contributed by atoms with E-state index in [0.29, 0.717) is 4.57 Å². The molecule has 0 aromatic carbocycles. The summed E-state index contributed by atoms with van der Waals surface area (Å²) in [4.78, 5) is 11.0. The average molecular weight is 202 g/mol. The van der Waals surface area contributed by atoms with Crippen molar-refractivity contribution in [1.29, 1.82) is 5.26 Å². The average Bonchev–Trinajstić information content (AvgIpc) is 2.07. The molecule has 14 heavy (non-hydrogen) atoms. The molecule has 0 saturated carbocycles. The van der Waals surface area contributed by atoms with Gasteiger partial charge in [-0.1, -0.05) is 6.07 Å². The number of pyridine rings is 1. The van der Waals surface area contributed by atoms with Gasteiger partial charge in [0.25, 0.3) is 5.56 Å². The molecule has 1 aromatic heterocycles. The van der Waals surface area contributed by atoms with Crippen LogP contribution in [0.2, 0.25) is 0 Å². The lowest BCUT2D eigenvalue weighted by atomic mass is 10.3. The van der Waals surface area contributed by atoms with Crippen LogP contribution in [0.5, 0.6) is 0 Å². The highest BCUT2D eigenvalue weighted by Crippen LogP contribution is 2.27. The van der Waals surface area contributed by atoms with Crippen LogP contribution in [0.1, 0.15) is 5.69 Å². The third-order valence-corrected chi connectivity index (χ3v) is 1.57. The van der Waals surface area contributed by atoms with Crippen LogP contribution in [0.4, 0.5) is 13.2 Å². The van der Waals surface area contributed by atoms with Gasteiger partial charge in [0.15, 0.2) is 0 Å². The van der Waals surface area contributed by atoms with Gasteiger partial charge in [-0.2, -0.15) is 18.4 Å². The van der Waals surface area contributed by atoms with E-state index in [1.165, 1.54) is 6.07 Å². The van der Waals surface area contributed by atoms with E-state index >= 15 is 0 Å². The molecule has 0 fully saturated rings. The Morgan fingerprint density at radius 3 is 2.57 bits per heavy atom. The molecule has 0 saturated heterocycles. The number of halogens is 3. The van der Waals surface area contributed by atoms with E-state index in [2.05, 4.69) is 0 Å². The zero-order valence-electron chi connectivity index (χ0n) is 6.88. The quantitative estimate of drug-likeness (QED) is 0.690. The van der Waals surface area contributed by atoms with Gasteiger partial charge >= 0.3 is 6.18 Å². The molecule has 0 N–H and O–H groups in total. The number of hydrogen-bond acceptors (Lipinski definition) is 2. The molecule has 0 amide bonds. The molecule has 0 bridgehead atoms. The molecule has 3 nitrogen and oxygen atoms in total. The van der Waals surface area contributed by atoms with Crippen molar-refractivity contribution >= 4 is 0 Å². The van der Waals surface area contributed by atoms with Crippen molar-refractivity contribution in [3.8, 4) is 6.07 Å². The van der Waals surface area contributed by atoms with Gasteiger partial charge in [0, 0.05) is 6.07 Å². The van der Waals surface area contributed by atoms with Crippen LogP contribution in [0.25, 0.3) is 0 Å². The number of nitriles is 1. The molecule has 0 aliphatic carbocycles. The van der Waals surface area contributed by atoms with Crippen LogP contribution in [-0.4, -0.2) is 4.57 Å². The highest BCUT2D eigenvalue weighted by molar-refractivity contribution is 5.11. The molecule has 0 radical (unpaired) electrons. The van der Waals surface area contributed by atoms with E-state index in [4.69, 9.17) is 5.26 Å². The summed E-state index contributed by atoms with van der Waals surface area (Å²) in [5.41, 5.74) is -1.94. The summed E-state index contributed by atoms with van der Waals surface area (Å²) in [7, 11) is 0. The Morgan fingerprint density at radius 1 is 1.43 bits per heavy atom. The number of alkyl halides is 3. The summed E-state index contributed by atoms with van der Waals surface area (Å²) in [6, 6.07) is 4.25. The second kappa shape index (κ2) is 3.54. The van der Waals surface area contributed by atoms with Gasteiger partial charge < -0.3 is 0 Å². The van der Waals surface area contributed by atoms with E-state index in [0.717, 1.165) is 18.2 Å². The maximum atomic E-state index is 12.3. The van der Waals surface area contributed by atoms with Gasteiger partial charge in [-0.05, 0) is 6.07 Å².